The number of anilines is 2. The number of fused-ring (bicyclic) bond motifs is 1. The number of carbonyl (C=O) groups excluding carboxylic acids is 1. The number of rotatable bonds is 7. The van der Waals surface area contributed by atoms with Gasteiger partial charge in [-0.25, -0.2) is 14.3 Å². The van der Waals surface area contributed by atoms with Crippen LogP contribution in [0.5, 0.6) is 0 Å². The lowest BCUT2D eigenvalue weighted by molar-refractivity contribution is -0.330. The third-order valence-electron chi connectivity index (χ3n) is 7.01. The molecule has 1 amide bonds. The zero-order valence-electron chi connectivity index (χ0n) is 19.9. The van der Waals surface area contributed by atoms with Gasteiger partial charge in [0.05, 0.1) is 24.2 Å². The number of hydrogen-bond donors (Lipinski definition) is 3. The predicted molar refractivity (Wildman–Crippen MR) is 117 cm³/mol. The first-order valence-electron chi connectivity index (χ1n) is 11.9. The Morgan fingerprint density at radius 3 is 2.64 bits per heavy atom. The smallest absolute Gasteiger partial charge is 0.444 e. The number of ether oxygens (including phenoxy) is 3. The van der Waals surface area contributed by atoms with Gasteiger partial charge in [0.15, 0.2) is 17.3 Å². The van der Waals surface area contributed by atoms with E-state index < -0.39 is 43.1 Å². The maximum Gasteiger partial charge on any atom is 0.522 e. The Bertz CT molecular complexity index is 1390. The van der Waals surface area contributed by atoms with E-state index in [1.165, 1.54) is 6.07 Å². The second-order valence-electron chi connectivity index (χ2n) is 9.97. The van der Waals surface area contributed by atoms with Crippen LogP contribution in [0.1, 0.15) is 48.9 Å². The Labute approximate surface area is 215 Å². The van der Waals surface area contributed by atoms with Crippen molar-refractivity contribution in [2.45, 2.75) is 62.6 Å². The molecule has 1 aliphatic heterocycles. The molecule has 4 heterocycles. The summed E-state index contributed by atoms with van der Waals surface area (Å²) < 4.78 is 93.1. The number of nitrogens with zero attached hydrogens (tertiary/aromatic N) is 4. The first-order chi connectivity index (χ1) is 18.3. The van der Waals surface area contributed by atoms with Crippen LogP contribution in [-0.2, 0) is 27.0 Å². The summed E-state index contributed by atoms with van der Waals surface area (Å²) >= 11 is 0. The number of halogens is 6. The molecule has 0 spiro atoms. The zero-order chi connectivity index (χ0) is 27.6. The molecule has 4 fully saturated rings. The highest BCUT2D eigenvalue weighted by Crippen LogP contribution is 2.57. The summed E-state index contributed by atoms with van der Waals surface area (Å²) in [5.74, 6) is 0.434. The van der Waals surface area contributed by atoms with Gasteiger partial charge in [0.2, 0.25) is 0 Å². The number of aromatic nitrogens is 5. The van der Waals surface area contributed by atoms with Crippen molar-refractivity contribution in [3.05, 3.63) is 35.4 Å². The minimum absolute atomic E-state index is 0.0337. The van der Waals surface area contributed by atoms with Crippen LogP contribution in [0.2, 0.25) is 0 Å². The van der Waals surface area contributed by atoms with Gasteiger partial charge in [0, 0.05) is 18.0 Å². The average molecular weight is 561 g/mol. The van der Waals surface area contributed by atoms with Crippen molar-refractivity contribution >= 4 is 23.2 Å². The van der Waals surface area contributed by atoms with Crippen molar-refractivity contribution in [3.63, 3.8) is 0 Å². The Morgan fingerprint density at radius 2 is 1.97 bits per heavy atom. The van der Waals surface area contributed by atoms with E-state index in [-0.39, 0.29) is 35.0 Å². The minimum atomic E-state index is -4.94. The molecule has 7 rings (SSSR count). The molecule has 17 heteroatoms. The standard InChI is InChI=1S/C22H21F6N7O4/c23-21(24,25)16-7-35-14(1-11(34-35)8-38-22(26,27)28)18(29-16)30-17-3-13(32-33-17)15-2-12(9-37-15)39-19(36)31-20-4-10(5-20)6-20/h1,3,7,10,12,15H,2,4-6,8-9H2,(H,31,36)(H2,29,30,32,33). The van der Waals surface area contributed by atoms with Gasteiger partial charge in [0.1, 0.15) is 24.3 Å². The summed E-state index contributed by atoms with van der Waals surface area (Å²) in [5.41, 5.74) is -1.26. The maximum atomic E-state index is 13.4. The van der Waals surface area contributed by atoms with Crippen LogP contribution in [0.3, 0.4) is 0 Å². The summed E-state index contributed by atoms with van der Waals surface area (Å²) in [6.07, 6.45) is -7.47. The largest absolute Gasteiger partial charge is 0.522 e. The molecule has 210 valence electrons. The lowest BCUT2D eigenvalue weighted by Crippen LogP contribution is -2.68. The van der Waals surface area contributed by atoms with Gasteiger partial charge in [-0.05, 0) is 31.2 Å². The van der Waals surface area contributed by atoms with Crippen molar-refractivity contribution < 1.29 is 45.3 Å². The summed E-state index contributed by atoms with van der Waals surface area (Å²) in [7, 11) is 0. The molecule has 2 bridgehead atoms. The van der Waals surface area contributed by atoms with Crippen LogP contribution < -0.4 is 10.6 Å². The van der Waals surface area contributed by atoms with E-state index in [9.17, 15) is 31.1 Å². The molecule has 11 nitrogen and oxygen atoms in total. The number of hydrogen-bond acceptors (Lipinski definition) is 8. The molecule has 3 N–H and O–H groups in total. The quantitative estimate of drug-likeness (QED) is 0.363. The topological polar surface area (TPSA) is 128 Å². The monoisotopic (exact) mass is 561 g/mol. The van der Waals surface area contributed by atoms with E-state index in [4.69, 9.17) is 9.47 Å². The number of amides is 1. The van der Waals surface area contributed by atoms with Gasteiger partial charge in [-0.15, -0.1) is 13.2 Å². The van der Waals surface area contributed by atoms with E-state index in [1.54, 1.807) is 0 Å². The Hall–Kier alpha value is -3.60. The van der Waals surface area contributed by atoms with Crippen LogP contribution in [0.15, 0.2) is 18.3 Å². The summed E-state index contributed by atoms with van der Waals surface area (Å²) in [6.45, 7) is -0.843. The second-order valence-corrected chi connectivity index (χ2v) is 9.97. The molecule has 3 saturated carbocycles. The van der Waals surface area contributed by atoms with Gasteiger partial charge in [0.25, 0.3) is 0 Å². The van der Waals surface area contributed by atoms with Crippen LogP contribution in [-0.4, -0.2) is 55.5 Å². The van der Waals surface area contributed by atoms with Crippen molar-refractivity contribution in [3.8, 4) is 0 Å². The van der Waals surface area contributed by atoms with Crippen molar-refractivity contribution in [1.82, 2.24) is 30.1 Å². The van der Waals surface area contributed by atoms with E-state index in [1.807, 2.05) is 0 Å². The van der Waals surface area contributed by atoms with Crippen LogP contribution in [0, 0.1) is 5.92 Å². The Kier molecular flexibility index (Phi) is 5.90. The SMILES string of the molecule is O=C(NC12CC(C1)C2)OC1COC(c2cc(Nc3nc(C(F)(F)F)cn4nc(COC(F)(F)F)cc34)n[nH]2)C1. The summed E-state index contributed by atoms with van der Waals surface area (Å²) in [5, 5.41) is 16.1. The van der Waals surface area contributed by atoms with E-state index in [0.717, 1.165) is 29.8 Å². The van der Waals surface area contributed by atoms with E-state index >= 15 is 0 Å². The van der Waals surface area contributed by atoms with Crippen LogP contribution in [0.4, 0.5) is 42.8 Å². The number of alkyl carbamates (subject to hydrolysis) is 1. The van der Waals surface area contributed by atoms with Crippen LogP contribution >= 0.6 is 0 Å². The number of aromatic amines is 1. The highest BCUT2D eigenvalue weighted by atomic mass is 19.4. The van der Waals surface area contributed by atoms with E-state index in [0.29, 0.717) is 24.2 Å². The molecule has 3 aromatic rings. The number of nitrogens with one attached hydrogen (secondary N) is 3. The molecule has 3 aromatic heterocycles. The second kappa shape index (κ2) is 8.97. The van der Waals surface area contributed by atoms with Crippen molar-refractivity contribution in [2.75, 3.05) is 11.9 Å². The average Bonchev–Trinajstić information content (AvgIpc) is 3.52. The Morgan fingerprint density at radius 1 is 1.21 bits per heavy atom. The number of carbonyl (C=O) groups is 1. The molecule has 2 unspecified atom stereocenters. The molecule has 39 heavy (non-hydrogen) atoms. The number of alkyl halides is 6. The predicted octanol–water partition coefficient (Wildman–Crippen LogP) is 4.36. The molecule has 0 aromatic carbocycles. The third-order valence-corrected chi connectivity index (χ3v) is 7.01. The fourth-order valence-corrected chi connectivity index (χ4v) is 5.11. The minimum Gasteiger partial charge on any atom is -0.444 e. The molecule has 0 radical (unpaired) electrons. The first kappa shape index (κ1) is 25.7. The fourth-order valence-electron chi connectivity index (χ4n) is 5.11. The normalized spacial score (nSPS) is 26.3. The maximum absolute atomic E-state index is 13.4. The lowest BCUT2D eigenvalue weighted by atomic mass is 9.50. The van der Waals surface area contributed by atoms with Gasteiger partial charge in [-0.2, -0.15) is 23.4 Å². The van der Waals surface area contributed by atoms with Gasteiger partial charge in [-0.1, -0.05) is 0 Å². The lowest BCUT2D eigenvalue weighted by Gasteiger charge is -2.61. The van der Waals surface area contributed by atoms with Crippen molar-refractivity contribution in [1.29, 1.82) is 0 Å². The fraction of sp³-hybridized carbons (Fsp3) is 0.545. The molecule has 2 atom stereocenters. The van der Waals surface area contributed by atoms with Gasteiger partial charge in [-0.3, -0.25) is 9.84 Å². The van der Waals surface area contributed by atoms with Crippen molar-refractivity contribution in [2.24, 2.45) is 5.92 Å². The van der Waals surface area contributed by atoms with E-state index in [2.05, 4.69) is 35.7 Å². The number of H-pyrrole nitrogens is 1. The van der Waals surface area contributed by atoms with Gasteiger partial charge >= 0.3 is 18.6 Å². The summed E-state index contributed by atoms with van der Waals surface area (Å²) in [6, 6.07) is 2.60. The molecular weight excluding hydrogens is 540 g/mol. The Balaban J connectivity index is 1.14. The molecule has 4 aliphatic rings. The molecule has 1 saturated heterocycles. The van der Waals surface area contributed by atoms with Gasteiger partial charge < -0.3 is 20.1 Å². The molecular formula is C22H21F6N7O4. The highest BCUT2D eigenvalue weighted by Gasteiger charge is 2.57. The highest BCUT2D eigenvalue weighted by molar-refractivity contribution is 5.73. The molecule has 3 aliphatic carbocycles. The van der Waals surface area contributed by atoms with Crippen LogP contribution in [0.25, 0.3) is 5.52 Å². The summed E-state index contributed by atoms with van der Waals surface area (Å²) in [4.78, 5) is 15.8. The first-order valence-corrected chi connectivity index (χ1v) is 11.9. The third kappa shape index (κ3) is 5.32. The zero-order valence-corrected chi connectivity index (χ0v) is 19.9.